The molecule has 2 unspecified atom stereocenters. The van der Waals surface area contributed by atoms with Gasteiger partial charge in [0.05, 0.1) is 5.51 Å². The smallest absolute Gasteiger partial charge is 0.0794 e. The fourth-order valence-electron chi connectivity index (χ4n) is 2.09. The second-order valence-corrected chi connectivity index (χ2v) is 4.53. The third-order valence-corrected chi connectivity index (χ3v) is 3.67. The van der Waals surface area contributed by atoms with Crippen LogP contribution in [0, 0.1) is 5.92 Å². The summed E-state index contributed by atoms with van der Waals surface area (Å²) in [4.78, 5) is 7.86. The van der Waals surface area contributed by atoms with Crippen LogP contribution in [0.15, 0.2) is 11.7 Å². The van der Waals surface area contributed by atoms with Gasteiger partial charge in [-0.2, -0.15) is 0 Å². The van der Waals surface area contributed by atoms with E-state index >= 15 is 0 Å². The maximum absolute atomic E-state index is 5.75. The van der Waals surface area contributed by atoms with Crippen molar-refractivity contribution in [1.29, 1.82) is 0 Å². The van der Waals surface area contributed by atoms with Gasteiger partial charge in [0.2, 0.25) is 0 Å². The minimum Gasteiger partial charge on any atom is -0.330 e. The molecule has 1 aromatic rings. The molecule has 0 amide bonds. The van der Waals surface area contributed by atoms with Gasteiger partial charge in [0.1, 0.15) is 0 Å². The van der Waals surface area contributed by atoms with Crippen LogP contribution in [0.1, 0.15) is 17.3 Å². The van der Waals surface area contributed by atoms with E-state index < -0.39 is 0 Å². The Morgan fingerprint density at radius 2 is 2.62 bits per heavy atom. The van der Waals surface area contributed by atoms with Crippen molar-refractivity contribution >= 4 is 11.3 Å². The molecule has 2 N–H and O–H groups in total. The van der Waals surface area contributed by atoms with E-state index in [2.05, 4.69) is 16.9 Å². The van der Waals surface area contributed by atoms with Crippen molar-refractivity contribution in [2.45, 2.75) is 12.5 Å². The molecular formula is C9H15N3S. The Hall–Kier alpha value is -0.450. The Morgan fingerprint density at radius 3 is 3.23 bits per heavy atom. The van der Waals surface area contributed by atoms with E-state index in [1.165, 1.54) is 11.3 Å². The summed E-state index contributed by atoms with van der Waals surface area (Å²) in [5, 5.41) is 0. The van der Waals surface area contributed by atoms with Crippen molar-refractivity contribution in [3.8, 4) is 0 Å². The van der Waals surface area contributed by atoms with Gasteiger partial charge in [-0.05, 0) is 32.5 Å². The molecule has 0 aliphatic carbocycles. The molecule has 2 atom stereocenters. The average molecular weight is 197 g/mol. The third kappa shape index (κ3) is 1.61. The lowest BCUT2D eigenvalue weighted by Crippen LogP contribution is -2.24. The van der Waals surface area contributed by atoms with E-state index in [4.69, 9.17) is 5.73 Å². The summed E-state index contributed by atoms with van der Waals surface area (Å²) in [5.74, 6) is 0.616. The predicted octanol–water partition coefficient (Wildman–Crippen LogP) is 1.09. The number of thiazole rings is 1. The van der Waals surface area contributed by atoms with E-state index in [9.17, 15) is 0 Å². The quantitative estimate of drug-likeness (QED) is 0.772. The van der Waals surface area contributed by atoms with E-state index in [1.54, 1.807) is 11.3 Å². The van der Waals surface area contributed by atoms with Gasteiger partial charge in [-0.15, -0.1) is 11.3 Å². The first-order valence-corrected chi connectivity index (χ1v) is 5.49. The monoisotopic (exact) mass is 197 g/mol. The maximum Gasteiger partial charge on any atom is 0.0794 e. The van der Waals surface area contributed by atoms with Crippen LogP contribution in [0.5, 0.6) is 0 Å². The van der Waals surface area contributed by atoms with Crippen LogP contribution in [-0.4, -0.2) is 30.0 Å². The molecule has 1 fully saturated rings. The molecule has 0 saturated carbocycles. The van der Waals surface area contributed by atoms with Crippen molar-refractivity contribution in [2.75, 3.05) is 20.1 Å². The van der Waals surface area contributed by atoms with E-state index in [-0.39, 0.29) is 0 Å². The lowest BCUT2D eigenvalue weighted by Gasteiger charge is -2.22. The van der Waals surface area contributed by atoms with Gasteiger partial charge in [0.25, 0.3) is 0 Å². The fraction of sp³-hybridized carbons (Fsp3) is 0.667. The molecule has 2 rings (SSSR count). The van der Waals surface area contributed by atoms with Crippen molar-refractivity contribution in [3.63, 3.8) is 0 Å². The Bertz CT molecular complexity index is 260. The average Bonchev–Trinajstić information content (AvgIpc) is 2.72. The number of hydrogen-bond acceptors (Lipinski definition) is 4. The molecule has 13 heavy (non-hydrogen) atoms. The van der Waals surface area contributed by atoms with Gasteiger partial charge in [-0.25, -0.2) is 0 Å². The maximum atomic E-state index is 5.75. The molecule has 3 nitrogen and oxygen atoms in total. The highest BCUT2D eigenvalue weighted by atomic mass is 32.1. The first-order chi connectivity index (χ1) is 6.33. The summed E-state index contributed by atoms with van der Waals surface area (Å²) >= 11 is 1.73. The zero-order chi connectivity index (χ0) is 9.26. The molecule has 2 heterocycles. The highest BCUT2D eigenvalue weighted by molar-refractivity contribution is 7.09. The molecule has 4 heteroatoms. The summed E-state index contributed by atoms with van der Waals surface area (Å²) in [6, 6.07) is 0.512. The Balaban J connectivity index is 2.20. The third-order valence-electron chi connectivity index (χ3n) is 2.82. The molecule has 1 aromatic heterocycles. The van der Waals surface area contributed by atoms with Crippen LogP contribution in [0.25, 0.3) is 0 Å². The standard InChI is InChI=1S/C9H15N3S/c1-12-3-2-7(4-10)9(12)8-5-11-6-13-8/h5-7,9H,2-4,10H2,1H3. The minimum atomic E-state index is 0.512. The summed E-state index contributed by atoms with van der Waals surface area (Å²) in [6.07, 6.45) is 3.19. The van der Waals surface area contributed by atoms with E-state index in [1.807, 2.05) is 11.7 Å². The van der Waals surface area contributed by atoms with E-state index in [0.717, 1.165) is 13.1 Å². The van der Waals surface area contributed by atoms with Crippen LogP contribution in [0.3, 0.4) is 0 Å². The van der Waals surface area contributed by atoms with E-state index in [0.29, 0.717) is 12.0 Å². The summed E-state index contributed by atoms with van der Waals surface area (Å²) in [7, 11) is 2.17. The number of hydrogen-bond donors (Lipinski definition) is 1. The van der Waals surface area contributed by atoms with Gasteiger partial charge >= 0.3 is 0 Å². The lowest BCUT2D eigenvalue weighted by molar-refractivity contribution is 0.283. The van der Waals surface area contributed by atoms with Gasteiger partial charge in [0, 0.05) is 17.1 Å². The first-order valence-electron chi connectivity index (χ1n) is 4.61. The van der Waals surface area contributed by atoms with Crippen LogP contribution in [0.4, 0.5) is 0 Å². The second kappa shape index (κ2) is 3.74. The molecule has 0 radical (unpaired) electrons. The molecule has 0 aromatic carbocycles. The van der Waals surface area contributed by atoms with Gasteiger partial charge in [-0.1, -0.05) is 0 Å². The molecule has 72 valence electrons. The van der Waals surface area contributed by atoms with Crippen molar-refractivity contribution in [2.24, 2.45) is 11.7 Å². The molecule has 0 bridgehead atoms. The van der Waals surface area contributed by atoms with Crippen molar-refractivity contribution in [1.82, 2.24) is 9.88 Å². The zero-order valence-corrected chi connectivity index (χ0v) is 8.63. The topological polar surface area (TPSA) is 42.1 Å². The molecule has 1 aliphatic rings. The number of nitrogens with two attached hydrogens (primary N) is 1. The normalized spacial score (nSPS) is 29.7. The Kier molecular flexibility index (Phi) is 2.62. The van der Waals surface area contributed by atoms with Crippen LogP contribution in [-0.2, 0) is 0 Å². The van der Waals surface area contributed by atoms with Gasteiger partial charge in [0.15, 0.2) is 0 Å². The van der Waals surface area contributed by atoms with Gasteiger partial charge < -0.3 is 5.73 Å². The second-order valence-electron chi connectivity index (χ2n) is 3.61. The van der Waals surface area contributed by atoms with Crippen molar-refractivity contribution < 1.29 is 0 Å². The SMILES string of the molecule is CN1CCC(CN)C1c1cncs1. The first kappa shape index (κ1) is 9.12. The van der Waals surface area contributed by atoms with Crippen LogP contribution < -0.4 is 5.73 Å². The number of rotatable bonds is 2. The molecule has 1 saturated heterocycles. The number of nitrogens with zero attached hydrogens (tertiary/aromatic N) is 2. The highest BCUT2D eigenvalue weighted by Gasteiger charge is 2.32. The molecular weight excluding hydrogens is 182 g/mol. The summed E-state index contributed by atoms with van der Waals surface area (Å²) < 4.78 is 0. The largest absolute Gasteiger partial charge is 0.330 e. The fourth-order valence-corrected chi connectivity index (χ4v) is 2.97. The van der Waals surface area contributed by atoms with Crippen molar-refractivity contribution in [3.05, 3.63) is 16.6 Å². The molecule has 1 aliphatic heterocycles. The predicted molar refractivity (Wildman–Crippen MR) is 54.6 cm³/mol. The number of likely N-dealkylation sites (tertiary alicyclic amines) is 1. The van der Waals surface area contributed by atoms with Crippen LogP contribution >= 0.6 is 11.3 Å². The number of aromatic nitrogens is 1. The Morgan fingerprint density at radius 1 is 1.77 bits per heavy atom. The van der Waals surface area contributed by atoms with Gasteiger partial charge in [-0.3, -0.25) is 9.88 Å². The summed E-state index contributed by atoms with van der Waals surface area (Å²) in [6.45, 7) is 1.94. The highest BCUT2D eigenvalue weighted by Crippen LogP contribution is 2.36. The summed E-state index contributed by atoms with van der Waals surface area (Å²) in [5.41, 5.74) is 7.65. The minimum absolute atomic E-state index is 0.512. The lowest BCUT2D eigenvalue weighted by atomic mass is 10.00. The molecule has 0 spiro atoms. The zero-order valence-electron chi connectivity index (χ0n) is 7.81. The van der Waals surface area contributed by atoms with Crippen LogP contribution in [0.2, 0.25) is 0 Å². The Labute approximate surface area is 82.6 Å².